The summed E-state index contributed by atoms with van der Waals surface area (Å²) in [5.41, 5.74) is 0.920. The van der Waals surface area contributed by atoms with Gasteiger partial charge in [0.15, 0.2) is 5.82 Å². The number of hydrogen-bond donors (Lipinski definition) is 1. The molecule has 0 aliphatic rings. The number of nitrogens with zero attached hydrogens (tertiary/aromatic N) is 5. The summed E-state index contributed by atoms with van der Waals surface area (Å²) in [6.07, 6.45) is 5.39. The van der Waals surface area contributed by atoms with Crippen molar-refractivity contribution in [2.45, 2.75) is 6.54 Å². The van der Waals surface area contributed by atoms with Crippen LogP contribution in [0.25, 0.3) is 5.65 Å². The number of anilines is 1. The fourth-order valence-corrected chi connectivity index (χ4v) is 1.73. The summed E-state index contributed by atoms with van der Waals surface area (Å²) in [7, 11) is 1.85. The van der Waals surface area contributed by atoms with Crippen LogP contribution in [-0.2, 0) is 13.6 Å². The Morgan fingerprint density at radius 1 is 1.29 bits per heavy atom. The van der Waals surface area contributed by atoms with Crippen molar-refractivity contribution in [2.24, 2.45) is 7.05 Å². The van der Waals surface area contributed by atoms with Gasteiger partial charge in [0, 0.05) is 19.4 Å². The molecule has 3 rings (SSSR count). The van der Waals surface area contributed by atoms with Gasteiger partial charge in [0.25, 0.3) is 0 Å². The van der Waals surface area contributed by atoms with E-state index in [4.69, 9.17) is 0 Å². The number of imidazole rings is 1. The minimum absolute atomic E-state index is 0.595. The number of pyridine rings is 1. The first-order chi connectivity index (χ1) is 8.33. The van der Waals surface area contributed by atoms with Crippen LogP contribution in [0.1, 0.15) is 5.82 Å². The van der Waals surface area contributed by atoms with Crippen molar-refractivity contribution < 1.29 is 0 Å². The predicted octanol–water partition coefficient (Wildman–Crippen LogP) is 1.07. The summed E-state index contributed by atoms with van der Waals surface area (Å²) in [5, 5.41) is 7.50. The maximum absolute atomic E-state index is 4.23. The first-order valence-corrected chi connectivity index (χ1v) is 5.33. The van der Waals surface area contributed by atoms with E-state index >= 15 is 0 Å². The molecule has 0 aliphatic heterocycles. The van der Waals surface area contributed by atoms with E-state index in [1.807, 2.05) is 35.8 Å². The quantitative estimate of drug-likeness (QED) is 0.728. The molecule has 0 fully saturated rings. The molecule has 0 amide bonds. The molecular formula is C11H12N6. The molecule has 3 aromatic heterocycles. The van der Waals surface area contributed by atoms with Crippen LogP contribution < -0.4 is 5.32 Å². The largest absolute Gasteiger partial charge is 0.364 e. The SMILES string of the molecule is Cn1cnc(CNc2cccc3nccn23)n1. The van der Waals surface area contributed by atoms with Gasteiger partial charge in [-0.2, -0.15) is 5.10 Å². The minimum atomic E-state index is 0.595. The van der Waals surface area contributed by atoms with Crippen molar-refractivity contribution in [3.8, 4) is 0 Å². The average molecular weight is 228 g/mol. The molecule has 6 nitrogen and oxygen atoms in total. The molecule has 17 heavy (non-hydrogen) atoms. The third-order valence-electron chi connectivity index (χ3n) is 2.50. The van der Waals surface area contributed by atoms with Gasteiger partial charge in [0.2, 0.25) is 0 Å². The molecular weight excluding hydrogens is 216 g/mol. The van der Waals surface area contributed by atoms with Crippen molar-refractivity contribution in [1.82, 2.24) is 24.1 Å². The lowest BCUT2D eigenvalue weighted by molar-refractivity contribution is 0.746. The van der Waals surface area contributed by atoms with Crippen LogP contribution in [0.3, 0.4) is 0 Å². The third-order valence-corrected chi connectivity index (χ3v) is 2.50. The van der Waals surface area contributed by atoms with Crippen molar-refractivity contribution in [1.29, 1.82) is 0 Å². The number of nitrogens with one attached hydrogen (secondary N) is 1. The Morgan fingerprint density at radius 2 is 2.24 bits per heavy atom. The van der Waals surface area contributed by atoms with Gasteiger partial charge in [0.1, 0.15) is 17.8 Å². The molecule has 3 aromatic rings. The zero-order valence-electron chi connectivity index (χ0n) is 9.41. The Bertz CT molecular complexity index is 638. The van der Waals surface area contributed by atoms with Crippen LogP contribution in [0.15, 0.2) is 36.9 Å². The minimum Gasteiger partial charge on any atom is -0.364 e. The van der Waals surface area contributed by atoms with Gasteiger partial charge in [-0.25, -0.2) is 9.97 Å². The normalized spacial score (nSPS) is 10.9. The molecule has 0 radical (unpaired) electrons. The van der Waals surface area contributed by atoms with Crippen LogP contribution >= 0.6 is 0 Å². The highest BCUT2D eigenvalue weighted by atomic mass is 15.3. The first kappa shape index (κ1) is 9.83. The van der Waals surface area contributed by atoms with Crippen LogP contribution in [-0.4, -0.2) is 24.1 Å². The third kappa shape index (κ3) is 1.84. The van der Waals surface area contributed by atoms with Gasteiger partial charge < -0.3 is 5.32 Å². The van der Waals surface area contributed by atoms with Crippen LogP contribution in [0.2, 0.25) is 0 Å². The molecule has 0 atom stereocenters. The summed E-state index contributed by atoms with van der Waals surface area (Å²) in [5.74, 6) is 1.75. The Balaban J connectivity index is 1.83. The van der Waals surface area contributed by atoms with Crippen molar-refractivity contribution in [3.63, 3.8) is 0 Å². The Hall–Kier alpha value is -2.37. The van der Waals surface area contributed by atoms with E-state index < -0.39 is 0 Å². The Morgan fingerprint density at radius 3 is 3.06 bits per heavy atom. The molecule has 0 aliphatic carbocycles. The van der Waals surface area contributed by atoms with Crippen LogP contribution in [0.5, 0.6) is 0 Å². The van der Waals surface area contributed by atoms with Gasteiger partial charge in [-0.1, -0.05) is 6.07 Å². The van der Waals surface area contributed by atoms with Gasteiger partial charge in [-0.15, -0.1) is 0 Å². The zero-order valence-corrected chi connectivity index (χ0v) is 9.41. The molecule has 86 valence electrons. The topological polar surface area (TPSA) is 60.0 Å². The second-order valence-electron chi connectivity index (χ2n) is 3.75. The summed E-state index contributed by atoms with van der Waals surface area (Å²) in [4.78, 5) is 8.39. The summed E-state index contributed by atoms with van der Waals surface area (Å²) >= 11 is 0. The predicted molar refractivity (Wildman–Crippen MR) is 63.5 cm³/mol. The molecule has 0 bridgehead atoms. The molecule has 0 spiro atoms. The number of aromatic nitrogens is 5. The molecule has 0 aromatic carbocycles. The molecule has 0 unspecified atom stereocenters. The maximum Gasteiger partial charge on any atom is 0.169 e. The standard InChI is InChI=1S/C11H12N6/c1-16-8-14-9(15-16)7-13-11-4-2-3-10-12-5-6-17(10)11/h2-6,8,13H,7H2,1H3. The van der Waals surface area contributed by atoms with Crippen molar-refractivity contribution in [3.05, 3.63) is 42.7 Å². The van der Waals surface area contributed by atoms with E-state index in [0.29, 0.717) is 6.54 Å². The summed E-state index contributed by atoms with van der Waals surface area (Å²) in [6, 6.07) is 5.93. The van der Waals surface area contributed by atoms with E-state index in [9.17, 15) is 0 Å². The average Bonchev–Trinajstić information content (AvgIpc) is 2.94. The van der Waals surface area contributed by atoms with Gasteiger partial charge in [-0.3, -0.25) is 9.08 Å². The second-order valence-corrected chi connectivity index (χ2v) is 3.75. The lowest BCUT2D eigenvalue weighted by Crippen LogP contribution is -2.05. The van der Waals surface area contributed by atoms with Crippen LogP contribution in [0.4, 0.5) is 5.82 Å². The smallest absolute Gasteiger partial charge is 0.169 e. The fourth-order valence-electron chi connectivity index (χ4n) is 1.73. The number of hydrogen-bond acceptors (Lipinski definition) is 4. The zero-order chi connectivity index (χ0) is 11.7. The van der Waals surface area contributed by atoms with E-state index in [2.05, 4.69) is 20.4 Å². The highest BCUT2D eigenvalue weighted by Crippen LogP contribution is 2.11. The fraction of sp³-hybridized carbons (Fsp3) is 0.182. The molecule has 0 saturated heterocycles. The Kier molecular flexibility index (Phi) is 2.25. The number of rotatable bonds is 3. The van der Waals surface area contributed by atoms with Gasteiger partial charge >= 0.3 is 0 Å². The summed E-state index contributed by atoms with van der Waals surface area (Å²) < 4.78 is 3.68. The van der Waals surface area contributed by atoms with Crippen molar-refractivity contribution in [2.75, 3.05) is 5.32 Å². The highest BCUT2D eigenvalue weighted by molar-refractivity contribution is 5.49. The molecule has 3 heterocycles. The van der Waals surface area contributed by atoms with E-state index in [0.717, 1.165) is 17.3 Å². The highest BCUT2D eigenvalue weighted by Gasteiger charge is 2.02. The van der Waals surface area contributed by atoms with E-state index in [1.165, 1.54) is 0 Å². The number of aryl methyl sites for hydroxylation is 1. The van der Waals surface area contributed by atoms with E-state index in [1.54, 1.807) is 17.2 Å². The molecule has 0 saturated carbocycles. The van der Waals surface area contributed by atoms with Gasteiger partial charge in [0.05, 0.1) is 6.54 Å². The summed E-state index contributed by atoms with van der Waals surface area (Å²) in [6.45, 7) is 0.595. The van der Waals surface area contributed by atoms with Crippen LogP contribution in [0, 0.1) is 0 Å². The monoisotopic (exact) mass is 228 g/mol. The lowest BCUT2D eigenvalue weighted by atomic mass is 10.4. The maximum atomic E-state index is 4.23. The van der Waals surface area contributed by atoms with E-state index in [-0.39, 0.29) is 0 Å². The molecule has 6 heteroatoms. The molecule has 1 N–H and O–H groups in total. The first-order valence-electron chi connectivity index (χ1n) is 5.33. The lowest BCUT2D eigenvalue weighted by Gasteiger charge is -2.06. The van der Waals surface area contributed by atoms with Crippen molar-refractivity contribution >= 4 is 11.5 Å². The second kappa shape index (κ2) is 3.89. The van der Waals surface area contributed by atoms with Gasteiger partial charge in [-0.05, 0) is 12.1 Å². The Labute approximate surface area is 97.9 Å². The number of fused-ring (bicyclic) bond motifs is 1.